The van der Waals surface area contributed by atoms with E-state index in [0.29, 0.717) is 5.56 Å². The van der Waals surface area contributed by atoms with Gasteiger partial charge in [0, 0.05) is 16.6 Å². The zero-order valence-corrected chi connectivity index (χ0v) is 11.9. The Morgan fingerprint density at radius 1 is 1.35 bits per heavy atom. The molecule has 0 fully saturated rings. The third-order valence-corrected chi connectivity index (χ3v) is 3.25. The lowest BCUT2D eigenvalue weighted by Gasteiger charge is -2.09. The smallest absolute Gasteiger partial charge is 0.255 e. The van der Waals surface area contributed by atoms with Crippen LogP contribution in [0.25, 0.3) is 0 Å². The summed E-state index contributed by atoms with van der Waals surface area (Å²) in [4.78, 5) is 11.9. The molecule has 0 radical (unpaired) electrons. The first-order valence-corrected chi connectivity index (χ1v) is 6.58. The molecule has 20 heavy (non-hydrogen) atoms. The van der Waals surface area contributed by atoms with E-state index in [4.69, 9.17) is 5.73 Å². The van der Waals surface area contributed by atoms with Crippen molar-refractivity contribution in [2.45, 2.75) is 6.54 Å². The second-order valence-corrected chi connectivity index (χ2v) is 5.08. The summed E-state index contributed by atoms with van der Waals surface area (Å²) in [6.07, 6.45) is 0. The van der Waals surface area contributed by atoms with E-state index in [1.54, 1.807) is 18.2 Å². The Labute approximate surface area is 123 Å². The Bertz CT molecular complexity index is 662. The molecule has 6 heteroatoms. The Morgan fingerprint density at radius 3 is 2.85 bits per heavy atom. The molecule has 0 aliphatic heterocycles. The topological polar surface area (TPSA) is 75.4 Å². The first kappa shape index (κ1) is 14.3. The summed E-state index contributed by atoms with van der Waals surface area (Å²) in [7, 11) is 0. The number of carbonyl (C=O) groups excluding carboxylic acids is 1. The van der Waals surface area contributed by atoms with Gasteiger partial charge in [0.2, 0.25) is 0 Å². The fourth-order valence-electron chi connectivity index (χ4n) is 1.69. The van der Waals surface area contributed by atoms with Crippen LogP contribution in [-0.4, -0.2) is 11.0 Å². The number of phenols is 1. The van der Waals surface area contributed by atoms with Crippen molar-refractivity contribution in [1.29, 1.82) is 0 Å². The van der Waals surface area contributed by atoms with Gasteiger partial charge in [0.25, 0.3) is 5.91 Å². The average molecular weight is 339 g/mol. The van der Waals surface area contributed by atoms with Gasteiger partial charge in [-0.2, -0.15) is 0 Å². The summed E-state index contributed by atoms with van der Waals surface area (Å²) in [5.74, 6) is -1.21. The number of hydrogen-bond acceptors (Lipinski definition) is 3. The zero-order chi connectivity index (χ0) is 14.7. The van der Waals surface area contributed by atoms with Gasteiger partial charge in [0.1, 0.15) is 5.82 Å². The zero-order valence-electron chi connectivity index (χ0n) is 10.4. The normalized spacial score (nSPS) is 10.3. The molecule has 2 aromatic rings. The van der Waals surface area contributed by atoms with Gasteiger partial charge < -0.3 is 16.2 Å². The Morgan fingerprint density at radius 2 is 2.10 bits per heavy atom. The Hall–Kier alpha value is -2.08. The van der Waals surface area contributed by atoms with Crippen LogP contribution in [0.4, 0.5) is 10.1 Å². The van der Waals surface area contributed by atoms with E-state index in [2.05, 4.69) is 21.2 Å². The number of nitrogen functional groups attached to an aromatic ring is 1. The van der Waals surface area contributed by atoms with Crippen molar-refractivity contribution in [2.24, 2.45) is 0 Å². The van der Waals surface area contributed by atoms with Gasteiger partial charge in [0.15, 0.2) is 5.75 Å². The second kappa shape index (κ2) is 5.92. The van der Waals surface area contributed by atoms with Crippen LogP contribution in [0.5, 0.6) is 5.75 Å². The highest BCUT2D eigenvalue weighted by Gasteiger charge is 2.13. The van der Waals surface area contributed by atoms with Gasteiger partial charge >= 0.3 is 0 Å². The predicted molar refractivity (Wildman–Crippen MR) is 77.8 cm³/mol. The van der Waals surface area contributed by atoms with E-state index in [-0.39, 0.29) is 23.5 Å². The third-order valence-electron chi connectivity index (χ3n) is 2.76. The molecule has 1 amide bonds. The number of amides is 1. The molecule has 0 atom stereocenters. The van der Waals surface area contributed by atoms with E-state index in [1.165, 1.54) is 18.2 Å². The minimum Gasteiger partial charge on any atom is -0.505 e. The lowest BCUT2D eigenvalue weighted by molar-refractivity contribution is 0.0948. The van der Waals surface area contributed by atoms with Crippen LogP contribution in [0.3, 0.4) is 0 Å². The van der Waals surface area contributed by atoms with E-state index >= 15 is 0 Å². The average Bonchev–Trinajstić information content (AvgIpc) is 2.42. The molecule has 0 heterocycles. The minimum atomic E-state index is -0.519. The molecule has 0 aromatic heterocycles. The van der Waals surface area contributed by atoms with Crippen molar-refractivity contribution in [1.82, 2.24) is 5.32 Å². The van der Waals surface area contributed by atoms with Gasteiger partial charge in [-0.15, -0.1) is 0 Å². The maximum Gasteiger partial charge on any atom is 0.255 e. The standard InChI is InChI=1S/C14H12BrFN2O2/c15-9-4-5-11(16)8(6-9)7-18-14(20)10-2-1-3-12(17)13(10)19/h1-6,19H,7,17H2,(H,18,20). The first-order chi connectivity index (χ1) is 9.49. The molecule has 0 aliphatic carbocycles. The van der Waals surface area contributed by atoms with Gasteiger partial charge in [-0.25, -0.2) is 4.39 Å². The fraction of sp³-hybridized carbons (Fsp3) is 0.0714. The number of halogens is 2. The summed E-state index contributed by atoms with van der Waals surface area (Å²) < 4.78 is 14.2. The molecule has 2 aromatic carbocycles. The molecular formula is C14H12BrFN2O2. The summed E-state index contributed by atoms with van der Waals surface area (Å²) in [6.45, 7) is 0.0122. The van der Waals surface area contributed by atoms with Crippen LogP contribution in [0, 0.1) is 5.82 Å². The van der Waals surface area contributed by atoms with Crippen molar-refractivity contribution >= 4 is 27.5 Å². The van der Waals surface area contributed by atoms with Crippen molar-refractivity contribution < 1.29 is 14.3 Å². The number of nitrogens with two attached hydrogens (primary N) is 1. The van der Waals surface area contributed by atoms with E-state index in [0.717, 1.165) is 4.47 Å². The lowest BCUT2D eigenvalue weighted by Crippen LogP contribution is -2.23. The van der Waals surface area contributed by atoms with Crippen molar-refractivity contribution in [2.75, 3.05) is 5.73 Å². The van der Waals surface area contributed by atoms with Crippen molar-refractivity contribution in [3.05, 3.63) is 57.8 Å². The predicted octanol–water partition coefficient (Wildman–Crippen LogP) is 2.81. The van der Waals surface area contributed by atoms with E-state index in [9.17, 15) is 14.3 Å². The number of rotatable bonds is 3. The summed E-state index contributed by atoms with van der Waals surface area (Å²) in [6, 6.07) is 8.95. The molecule has 0 aliphatic rings. The Kier molecular flexibility index (Phi) is 4.24. The molecule has 0 unspecified atom stereocenters. The van der Waals surface area contributed by atoms with Crippen LogP contribution in [0.2, 0.25) is 0 Å². The van der Waals surface area contributed by atoms with Crippen LogP contribution in [0.1, 0.15) is 15.9 Å². The van der Waals surface area contributed by atoms with Crippen molar-refractivity contribution in [3.8, 4) is 5.75 Å². The number of para-hydroxylation sites is 1. The Balaban J connectivity index is 2.13. The number of nitrogens with one attached hydrogen (secondary N) is 1. The number of phenolic OH excluding ortho intramolecular Hbond substituents is 1. The molecule has 0 spiro atoms. The largest absolute Gasteiger partial charge is 0.505 e. The molecule has 0 saturated carbocycles. The highest BCUT2D eigenvalue weighted by atomic mass is 79.9. The highest BCUT2D eigenvalue weighted by molar-refractivity contribution is 9.10. The van der Waals surface area contributed by atoms with Crippen LogP contribution in [-0.2, 0) is 6.54 Å². The molecule has 0 bridgehead atoms. The van der Waals surface area contributed by atoms with Gasteiger partial charge in [0.05, 0.1) is 11.3 Å². The van der Waals surface area contributed by atoms with Gasteiger partial charge in [-0.3, -0.25) is 4.79 Å². The molecular weight excluding hydrogens is 327 g/mol. The van der Waals surface area contributed by atoms with E-state index < -0.39 is 11.7 Å². The number of aromatic hydroxyl groups is 1. The molecule has 2 rings (SSSR count). The van der Waals surface area contributed by atoms with Crippen molar-refractivity contribution in [3.63, 3.8) is 0 Å². The maximum absolute atomic E-state index is 13.5. The maximum atomic E-state index is 13.5. The number of anilines is 1. The van der Waals surface area contributed by atoms with Gasteiger partial charge in [-0.1, -0.05) is 22.0 Å². The second-order valence-electron chi connectivity index (χ2n) is 4.16. The quantitative estimate of drug-likeness (QED) is 0.595. The molecule has 104 valence electrons. The third kappa shape index (κ3) is 3.08. The first-order valence-electron chi connectivity index (χ1n) is 5.78. The molecule has 4 nitrogen and oxygen atoms in total. The van der Waals surface area contributed by atoms with Crippen LogP contribution in [0.15, 0.2) is 40.9 Å². The molecule has 0 saturated heterocycles. The van der Waals surface area contributed by atoms with Gasteiger partial charge in [-0.05, 0) is 30.3 Å². The van der Waals surface area contributed by atoms with Crippen LogP contribution < -0.4 is 11.1 Å². The SMILES string of the molecule is Nc1cccc(C(=O)NCc2cc(Br)ccc2F)c1O. The summed E-state index contributed by atoms with van der Waals surface area (Å²) >= 11 is 3.23. The fourth-order valence-corrected chi connectivity index (χ4v) is 2.10. The number of hydrogen-bond donors (Lipinski definition) is 3. The highest BCUT2D eigenvalue weighted by Crippen LogP contribution is 2.24. The summed E-state index contributed by atoms with van der Waals surface area (Å²) in [5.41, 5.74) is 6.03. The lowest BCUT2D eigenvalue weighted by atomic mass is 10.1. The number of carbonyl (C=O) groups is 1. The van der Waals surface area contributed by atoms with Crippen LogP contribution >= 0.6 is 15.9 Å². The number of benzene rings is 2. The monoisotopic (exact) mass is 338 g/mol. The summed E-state index contributed by atoms with van der Waals surface area (Å²) in [5, 5.41) is 12.2. The molecule has 4 N–H and O–H groups in total. The van der Waals surface area contributed by atoms with E-state index in [1.807, 2.05) is 0 Å². The minimum absolute atomic E-state index is 0.0122.